The lowest BCUT2D eigenvalue weighted by atomic mass is 10.3. The van der Waals surface area contributed by atoms with Crippen molar-refractivity contribution in [3.63, 3.8) is 0 Å². The number of hydrogen-bond donors (Lipinski definition) is 1. The number of anilines is 2. The fourth-order valence-electron chi connectivity index (χ4n) is 1.39. The number of pyridine rings is 1. The molecule has 0 fully saturated rings. The smallest absolute Gasteiger partial charge is 0.311 e. The van der Waals surface area contributed by atoms with Crippen molar-refractivity contribution in [2.45, 2.75) is 0 Å². The van der Waals surface area contributed by atoms with Crippen LogP contribution < -0.4 is 5.32 Å². The Morgan fingerprint density at radius 2 is 2.11 bits per heavy atom. The van der Waals surface area contributed by atoms with E-state index in [2.05, 4.69) is 26.2 Å². The maximum absolute atomic E-state index is 13.0. The van der Waals surface area contributed by atoms with Crippen LogP contribution in [-0.2, 0) is 0 Å². The molecule has 0 spiro atoms. The minimum absolute atomic E-state index is 0.00944. The summed E-state index contributed by atoms with van der Waals surface area (Å²) in [7, 11) is 0. The Bertz CT molecular complexity index is 654. The van der Waals surface area contributed by atoms with Crippen molar-refractivity contribution < 1.29 is 9.31 Å². The molecular weight excluding hydrogens is 340 g/mol. The lowest BCUT2D eigenvalue weighted by Crippen LogP contribution is -2.00. The SMILES string of the molecule is O=[N+]([O-])c1ccc(Cl)nc1Nc1ccc(F)cc1Br. The van der Waals surface area contributed by atoms with E-state index in [1.807, 2.05) is 0 Å². The summed E-state index contributed by atoms with van der Waals surface area (Å²) in [6.45, 7) is 0. The van der Waals surface area contributed by atoms with Gasteiger partial charge in [0.2, 0.25) is 5.82 Å². The second kappa shape index (κ2) is 5.50. The molecule has 0 amide bonds. The van der Waals surface area contributed by atoms with Gasteiger partial charge in [-0.05, 0) is 40.2 Å². The first kappa shape index (κ1) is 13.7. The molecule has 0 saturated heterocycles. The van der Waals surface area contributed by atoms with E-state index in [1.54, 1.807) is 0 Å². The molecule has 98 valence electrons. The predicted octanol–water partition coefficient (Wildman–Crippen LogP) is 4.29. The summed E-state index contributed by atoms with van der Waals surface area (Å²) in [4.78, 5) is 14.1. The van der Waals surface area contributed by atoms with Gasteiger partial charge in [-0.2, -0.15) is 0 Å². The Morgan fingerprint density at radius 1 is 1.37 bits per heavy atom. The van der Waals surface area contributed by atoms with Gasteiger partial charge in [0.1, 0.15) is 11.0 Å². The van der Waals surface area contributed by atoms with E-state index in [1.165, 1.54) is 30.3 Å². The van der Waals surface area contributed by atoms with Gasteiger partial charge in [-0.1, -0.05) is 11.6 Å². The van der Waals surface area contributed by atoms with Crippen molar-refractivity contribution in [1.82, 2.24) is 4.98 Å². The van der Waals surface area contributed by atoms with Crippen LogP contribution in [0.15, 0.2) is 34.8 Å². The van der Waals surface area contributed by atoms with Crippen LogP contribution in [0.2, 0.25) is 5.15 Å². The van der Waals surface area contributed by atoms with Crippen molar-refractivity contribution in [3.05, 3.63) is 55.9 Å². The molecule has 5 nitrogen and oxygen atoms in total. The van der Waals surface area contributed by atoms with Crippen molar-refractivity contribution in [2.24, 2.45) is 0 Å². The van der Waals surface area contributed by atoms with Gasteiger partial charge in [-0.25, -0.2) is 9.37 Å². The fourth-order valence-corrected chi connectivity index (χ4v) is 1.98. The number of nitrogens with zero attached hydrogens (tertiary/aromatic N) is 2. The number of rotatable bonds is 3. The maximum Gasteiger partial charge on any atom is 0.311 e. The topological polar surface area (TPSA) is 68.1 Å². The van der Waals surface area contributed by atoms with Crippen LogP contribution in [0.3, 0.4) is 0 Å². The average Bonchev–Trinajstić information content (AvgIpc) is 2.32. The van der Waals surface area contributed by atoms with Gasteiger partial charge in [0.25, 0.3) is 0 Å². The maximum atomic E-state index is 13.0. The number of benzene rings is 1. The highest BCUT2D eigenvalue weighted by Crippen LogP contribution is 2.31. The molecule has 1 N–H and O–H groups in total. The molecule has 0 aliphatic carbocycles. The van der Waals surface area contributed by atoms with E-state index in [-0.39, 0.29) is 16.7 Å². The van der Waals surface area contributed by atoms with Crippen LogP contribution in [0.5, 0.6) is 0 Å². The molecule has 1 aromatic carbocycles. The zero-order valence-electron chi connectivity index (χ0n) is 9.23. The van der Waals surface area contributed by atoms with Gasteiger partial charge in [0, 0.05) is 10.5 Å². The minimum Gasteiger partial charge on any atom is -0.333 e. The first-order valence-corrected chi connectivity index (χ1v) is 6.17. The number of nitrogens with one attached hydrogen (secondary N) is 1. The van der Waals surface area contributed by atoms with Crippen LogP contribution in [0.4, 0.5) is 21.6 Å². The molecule has 0 bridgehead atoms. The van der Waals surface area contributed by atoms with Gasteiger partial charge < -0.3 is 5.32 Å². The summed E-state index contributed by atoms with van der Waals surface area (Å²) in [5, 5.41) is 13.7. The summed E-state index contributed by atoms with van der Waals surface area (Å²) >= 11 is 8.86. The highest BCUT2D eigenvalue weighted by molar-refractivity contribution is 9.10. The Hall–Kier alpha value is -1.73. The Morgan fingerprint density at radius 3 is 2.74 bits per heavy atom. The molecule has 2 aromatic rings. The molecule has 1 aromatic heterocycles. The molecule has 0 atom stereocenters. The third-order valence-corrected chi connectivity index (χ3v) is 3.09. The van der Waals surface area contributed by atoms with E-state index >= 15 is 0 Å². The Labute approximate surface area is 120 Å². The number of aromatic nitrogens is 1. The molecule has 2 rings (SSSR count). The van der Waals surface area contributed by atoms with Crippen LogP contribution in [0, 0.1) is 15.9 Å². The lowest BCUT2D eigenvalue weighted by Gasteiger charge is -2.08. The first-order chi connectivity index (χ1) is 8.97. The standard InChI is InChI=1S/C11H6BrClFN3O2/c12-7-5-6(14)1-2-8(7)15-11-9(17(18)19)3-4-10(13)16-11/h1-5H,(H,15,16). The molecule has 0 saturated carbocycles. The summed E-state index contributed by atoms with van der Waals surface area (Å²) in [5.74, 6) is -0.434. The third-order valence-electron chi connectivity index (χ3n) is 2.22. The molecular formula is C11H6BrClFN3O2. The van der Waals surface area contributed by atoms with Crippen LogP contribution >= 0.6 is 27.5 Å². The molecule has 0 aliphatic rings. The minimum atomic E-state index is -0.580. The number of halogens is 3. The molecule has 8 heteroatoms. The summed E-state index contributed by atoms with van der Waals surface area (Å²) in [6.07, 6.45) is 0. The van der Waals surface area contributed by atoms with E-state index in [9.17, 15) is 14.5 Å². The van der Waals surface area contributed by atoms with Gasteiger partial charge in [-0.15, -0.1) is 0 Å². The predicted molar refractivity (Wildman–Crippen MR) is 73.3 cm³/mol. The Balaban J connectivity index is 2.42. The van der Waals surface area contributed by atoms with Gasteiger partial charge >= 0.3 is 5.69 Å². The van der Waals surface area contributed by atoms with Crippen LogP contribution in [-0.4, -0.2) is 9.91 Å². The second-order valence-electron chi connectivity index (χ2n) is 3.51. The summed E-state index contributed by atoms with van der Waals surface area (Å²) < 4.78 is 13.4. The summed E-state index contributed by atoms with van der Waals surface area (Å²) in [5.41, 5.74) is 0.222. The number of nitro groups is 1. The fraction of sp³-hybridized carbons (Fsp3) is 0. The molecule has 0 aliphatic heterocycles. The normalized spacial score (nSPS) is 10.3. The van der Waals surface area contributed by atoms with E-state index < -0.39 is 10.7 Å². The average molecular weight is 347 g/mol. The van der Waals surface area contributed by atoms with E-state index in [4.69, 9.17) is 11.6 Å². The highest BCUT2D eigenvalue weighted by Gasteiger charge is 2.16. The first-order valence-electron chi connectivity index (χ1n) is 5.00. The van der Waals surface area contributed by atoms with Gasteiger partial charge in [0.05, 0.1) is 10.6 Å². The second-order valence-corrected chi connectivity index (χ2v) is 4.75. The van der Waals surface area contributed by atoms with Crippen molar-refractivity contribution in [3.8, 4) is 0 Å². The van der Waals surface area contributed by atoms with Crippen LogP contribution in [0.25, 0.3) is 0 Å². The summed E-state index contributed by atoms with van der Waals surface area (Å²) in [6, 6.07) is 6.47. The molecule has 0 radical (unpaired) electrons. The zero-order chi connectivity index (χ0) is 14.0. The van der Waals surface area contributed by atoms with Gasteiger partial charge in [-0.3, -0.25) is 10.1 Å². The third kappa shape index (κ3) is 3.18. The zero-order valence-corrected chi connectivity index (χ0v) is 11.6. The quantitative estimate of drug-likeness (QED) is 0.511. The molecule has 0 unspecified atom stereocenters. The molecule has 1 heterocycles. The lowest BCUT2D eigenvalue weighted by molar-refractivity contribution is -0.384. The van der Waals surface area contributed by atoms with Crippen molar-refractivity contribution in [1.29, 1.82) is 0 Å². The van der Waals surface area contributed by atoms with E-state index in [0.717, 1.165) is 0 Å². The largest absolute Gasteiger partial charge is 0.333 e. The van der Waals surface area contributed by atoms with Crippen LogP contribution in [0.1, 0.15) is 0 Å². The Kier molecular flexibility index (Phi) is 3.96. The van der Waals surface area contributed by atoms with Crippen molar-refractivity contribution in [2.75, 3.05) is 5.32 Å². The highest BCUT2D eigenvalue weighted by atomic mass is 79.9. The monoisotopic (exact) mass is 345 g/mol. The van der Waals surface area contributed by atoms with Gasteiger partial charge in [0.15, 0.2) is 0 Å². The van der Waals surface area contributed by atoms with Crippen molar-refractivity contribution >= 4 is 44.7 Å². The molecule has 19 heavy (non-hydrogen) atoms. The number of hydrogen-bond acceptors (Lipinski definition) is 4. The van der Waals surface area contributed by atoms with E-state index in [0.29, 0.717) is 10.2 Å².